The van der Waals surface area contributed by atoms with Crippen molar-refractivity contribution in [3.05, 3.63) is 30.1 Å². The van der Waals surface area contributed by atoms with Gasteiger partial charge < -0.3 is 10.0 Å². The molecule has 20 heavy (non-hydrogen) atoms. The van der Waals surface area contributed by atoms with Crippen molar-refractivity contribution in [3.8, 4) is 0 Å². The van der Waals surface area contributed by atoms with Gasteiger partial charge in [0.1, 0.15) is 0 Å². The van der Waals surface area contributed by atoms with E-state index in [1.54, 1.807) is 22.1 Å². The number of hydrogen-bond acceptors (Lipinski definition) is 4. The number of carboxylic acids is 1. The van der Waals surface area contributed by atoms with Gasteiger partial charge in [-0.25, -0.2) is 0 Å². The highest BCUT2D eigenvalue weighted by atomic mass is 16.4. The van der Waals surface area contributed by atoms with Crippen molar-refractivity contribution in [1.29, 1.82) is 0 Å². The summed E-state index contributed by atoms with van der Waals surface area (Å²) in [5.74, 6) is -0.935. The van der Waals surface area contributed by atoms with Gasteiger partial charge in [0.25, 0.3) is 0 Å². The topological polar surface area (TPSA) is 73.7 Å². The molecule has 1 fully saturated rings. The Morgan fingerprint density at radius 1 is 1.25 bits per heavy atom. The summed E-state index contributed by atoms with van der Waals surface area (Å²) >= 11 is 0. The molecule has 1 aromatic rings. The average Bonchev–Trinajstić information content (AvgIpc) is 2.93. The van der Waals surface area contributed by atoms with Crippen LogP contribution >= 0.6 is 0 Å². The highest BCUT2D eigenvalue weighted by molar-refractivity contribution is 5.79. The van der Waals surface area contributed by atoms with Crippen molar-refractivity contribution in [1.82, 2.24) is 14.8 Å². The second-order valence-corrected chi connectivity index (χ2v) is 4.95. The minimum atomic E-state index is -0.935. The van der Waals surface area contributed by atoms with Gasteiger partial charge in [0.15, 0.2) is 0 Å². The van der Waals surface area contributed by atoms with E-state index >= 15 is 0 Å². The van der Waals surface area contributed by atoms with Crippen LogP contribution in [0, 0.1) is 0 Å². The number of carbonyl (C=O) groups excluding carboxylic acids is 1. The van der Waals surface area contributed by atoms with Gasteiger partial charge in [-0.3, -0.25) is 19.5 Å². The number of carbonyl (C=O) groups is 2. The van der Waals surface area contributed by atoms with Crippen LogP contribution in [0.4, 0.5) is 0 Å². The van der Waals surface area contributed by atoms with E-state index < -0.39 is 5.97 Å². The third-order valence-electron chi connectivity index (χ3n) is 3.29. The predicted molar refractivity (Wildman–Crippen MR) is 73.0 cm³/mol. The molecule has 2 rings (SSSR count). The van der Waals surface area contributed by atoms with Gasteiger partial charge in [0.2, 0.25) is 5.91 Å². The lowest BCUT2D eigenvalue weighted by atomic mass is 10.3. The number of nitrogens with zero attached hydrogens (tertiary/aromatic N) is 3. The lowest BCUT2D eigenvalue weighted by molar-refractivity contribution is -0.139. The first-order valence-electron chi connectivity index (χ1n) is 6.77. The summed E-state index contributed by atoms with van der Waals surface area (Å²) in [6.07, 6.45) is 3.73. The van der Waals surface area contributed by atoms with Crippen LogP contribution in [-0.4, -0.2) is 57.9 Å². The van der Waals surface area contributed by atoms with Gasteiger partial charge in [0.05, 0.1) is 18.8 Å². The summed E-state index contributed by atoms with van der Waals surface area (Å²) < 4.78 is 0. The molecule has 1 aliphatic rings. The molecule has 0 spiro atoms. The Labute approximate surface area is 118 Å². The number of aliphatic carboxylic acids is 1. The lowest BCUT2D eigenvalue weighted by Crippen LogP contribution is -2.40. The zero-order chi connectivity index (χ0) is 14.4. The SMILES string of the molecule is O=C(O)CN(CC(=O)N1CCCC1)Cc1ccccn1. The Morgan fingerprint density at radius 2 is 2.00 bits per heavy atom. The first-order chi connectivity index (χ1) is 9.65. The van der Waals surface area contributed by atoms with E-state index in [1.165, 1.54) is 0 Å². The number of aromatic nitrogens is 1. The van der Waals surface area contributed by atoms with Gasteiger partial charge in [-0.05, 0) is 25.0 Å². The molecule has 2 heterocycles. The van der Waals surface area contributed by atoms with Gasteiger partial charge in [-0.1, -0.05) is 6.07 Å². The predicted octanol–water partition coefficient (Wildman–Crippen LogP) is 0.591. The van der Waals surface area contributed by atoms with Crippen LogP contribution < -0.4 is 0 Å². The number of likely N-dealkylation sites (tertiary alicyclic amines) is 1. The molecule has 1 saturated heterocycles. The largest absolute Gasteiger partial charge is 0.480 e. The molecule has 1 aromatic heterocycles. The first kappa shape index (κ1) is 14.5. The summed E-state index contributed by atoms with van der Waals surface area (Å²) in [5, 5.41) is 8.95. The maximum absolute atomic E-state index is 12.1. The molecule has 6 heteroatoms. The van der Waals surface area contributed by atoms with Crippen LogP contribution in [0.3, 0.4) is 0 Å². The molecule has 6 nitrogen and oxygen atoms in total. The fraction of sp³-hybridized carbons (Fsp3) is 0.500. The highest BCUT2D eigenvalue weighted by Crippen LogP contribution is 2.09. The van der Waals surface area contributed by atoms with Gasteiger partial charge >= 0.3 is 5.97 Å². The van der Waals surface area contributed by atoms with Crippen LogP contribution in [-0.2, 0) is 16.1 Å². The molecule has 0 bridgehead atoms. The summed E-state index contributed by atoms with van der Waals surface area (Å²) in [4.78, 5) is 30.6. The van der Waals surface area contributed by atoms with Crippen molar-refractivity contribution in [2.24, 2.45) is 0 Å². The molecule has 0 aromatic carbocycles. The van der Waals surface area contributed by atoms with Crippen LogP contribution in [0.2, 0.25) is 0 Å². The molecular weight excluding hydrogens is 258 g/mol. The molecule has 1 N–H and O–H groups in total. The second kappa shape index (κ2) is 7.00. The fourth-order valence-electron chi connectivity index (χ4n) is 2.34. The summed E-state index contributed by atoms with van der Waals surface area (Å²) in [5.41, 5.74) is 0.767. The normalized spacial score (nSPS) is 14.8. The highest BCUT2D eigenvalue weighted by Gasteiger charge is 2.21. The molecule has 0 atom stereocenters. The van der Waals surface area contributed by atoms with E-state index in [1.807, 2.05) is 12.1 Å². The molecule has 0 aliphatic carbocycles. The fourth-order valence-corrected chi connectivity index (χ4v) is 2.34. The van der Waals surface area contributed by atoms with Crippen molar-refractivity contribution in [2.45, 2.75) is 19.4 Å². The third kappa shape index (κ3) is 4.31. The Balaban J connectivity index is 1.96. The van der Waals surface area contributed by atoms with Crippen LogP contribution in [0.15, 0.2) is 24.4 Å². The molecule has 1 aliphatic heterocycles. The number of rotatable bonds is 6. The van der Waals surface area contributed by atoms with E-state index in [0.29, 0.717) is 6.54 Å². The third-order valence-corrected chi connectivity index (χ3v) is 3.29. The van der Waals surface area contributed by atoms with Crippen LogP contribution in [0.25, 0.3) is 0 Å². The quantitative estimate of drug-likeness (QED) is 0.824. The zero-order valence-corrected chi connectivity index (χ0v) is 11.4. The molecule has 0 unspecified atom stereocenters. The molecular formula is C14H19N3O3. The summed E-state index contributed by atoms with van der Waals surface area (Å²) in [6, 6.07) is 5.49. The van der Waals surface area contributed by atoms with Crippen molar-refractivity contribution >= 4 is 11.9 Å². The van der Waals surface area contributed by atoms with Crippen molar-refractivity contribution in [2.75, 3.05) is 26.2 Å². The molecule has 0 saturated carbocycles. The molecule has 108 valence electrons. The Bertz CT molecular complexity index is 458. The number of carboxylic acid groups (broad SMARTS) is 1. The number of amides is 1. The molecule has 0 radical (unpaired) electrons. The minimum Gasteiger partial charge on any atom is -0.480 e. The number of pyridine rings is 1. The van der Waals surface area contributed by atoms with E-state index in [4.69, 9.17) is 5.11 Å². The Hall–Kier alpha value is -1.95. The maximum atomic E-state index is 12.1. The van der Waals surface area contributed by atoms with Gasteiger partial charge in [0, 0.05) is 25.8 Å². The van der Waals surface area contributed by atoms with Crippen molar-refractivity contribution in [3.63, 3.8) is 0 Å². The Morgan fingerprint density at radius 3 is 2.60 bits per heavy atom. The lowest BCUT2D eigenvalue weighted by Gasteiger charge is -2.23. The summed E-state index contributed by atoms with van der Waals surface area (Å²) in [6.45, 7) is 1.90. The standard InChI is InChI=1S/C14H19N3O3/c18-13(17-7-3-4-8-17)10-16(11-14(19)20)9-12-5-1-2-6-15-12/h1-2,5-6H,3-4,7-11H2,(H,19,20). The second-order valence-electron chi connectivity index (χ2n) is 4.95. The van der Waals surface area contributed by atoms with Crippen LogP contribution in [0.1, 0.15) is 18.5 Å². The summed E-state index contributed by atoms with van der Waals surface area (Å²) in [7, 11) is 0. The van der Waals surface area contributed by atoms with Gasteiger partial charge in [-0.2, -0.15) is 0 Å². The van der Waals surface area contributed by atoms with E-state index in [0.717, 1.165) is 31.6 Å². The van der Waals surface area contributed by atoms with Crippen molar-refractivity contribution < 1.29 is 14.7 Å². The number of hydrogen-bond donors (Lipinski definition) is 1. The average molecular weight is 277 g/mol. The van der Waals surface area contributed by atoms with Crippen LogP contribution in [0.5, 0.6) is 0 Å². The van der Waals surface area contributed by atoms with Gasteiger partial charge in [-0.15, -0.1) is 0 Å². The smallest absolute Gasteiger partial charge is 0.317 e. The first-order valence-corrected chi connectivity index (χ1v) is 6.77. The Kier molecular flexibility index (Phi) is 5.06. The monoisotopic (exact) mass is 277 g/mol. The zero-order valence-electron chi connectivity index (χ0n) is 11.4. The maximum Gasteiger partial charge on any atom is 0.317 e. The van der Waals surface area contributed by atoms with E-state index in [-0.39, 0.29) is 19.0 Å². The minimum absolute atomic E-state index is 0.000295. The molecule has 1 amide bonds. The van der Waals surface area contributed by atoms with E-state index in [9.17, 15) is 9.59 Å². The van der Waals surface area contributed by atoms with E-state index in [2.05, 4.69) is 4.98 Å².